The number of rotatable bonds is 3. The third-order valence-electron chi connectivity index (χ3n) is 4.98. The number of carbonyl (C=O) groups excluding carboxylic acids is 1. The highest BCUT2D eigenvalue weighted by Gasteiger charge is 2.48. The van der Waals surface area contributed by atoms with Crippen molar-refractivity contribution in [1.29, 1.82) is 0 Å². The Labute approximate surface area is 127 Å². The summed E-state index contributed by atoms with van der Waals surface area (Å²) < 4.78 is 0. The van der Waals surface area contributed by atoms with Crippen LogP contribution >= 0.6 is 0 Å². The minimum Gasteiger partial charge on any atom is -0.375 e. The fraction of sp³-hybridized carbons (Fsp3) is 0.556. The first kappa shape index (κ1) is 14.6. The van der Waals surface area contributed by atoms with E-state index in [1.54, 1.807) is 0 Å². The van der Waals surface area contributed by atoms with E-state index in [0.29, 0.717) is 0 Å². The number of benzene rings is 1. The van der Waals surface area contributed by atoms with Crippen LogP contribution < -0.4 is 0 Å². The van der Waals surface area contributed by atoms with Crippen LogP contribution in [0.5, 0.6) is 0 Å². The topological polar surface area (TPSA) is 40.5 Å². The van der Waals surface area contributed by atoms with Gasteiger partial charge in [-0.3, -0.25) is 4.79 Å². The van der Waals surface area contributed by atoms with E-state index in [2.05, 4.69) is 6.42 Å². The van der Waals surface area contributed by atoms with Crippen LogP contribution in [0.1, 0.15) is 44.1 Å². The Morgan fingerprint density at radius 3 is 2.33 bits per heavy atom. The summed E-state index contributed by atoms with van der Waals surface area (Å²) in [6.07, 6.45) is 8.19. The Morgan fingerprint density at radius 2 is 1.71 bits per heavy atom. The second kappa shape index (κ2) is 6.18. The first-order valence-electron chi connectivity index (χ1n) is 8.12. The Kier molecular flexibility index (Phi) is 4.29. The Bertz CT molecular complexity index is 475. The lowest BCUT2D eigenvalue weighted by Crippen LogP contribution is -2.52. The maximum atomic E-state index is 13.1. The van der Waals surface area contributed by atoms with Gasteiger partial charge >= 0.3 is 0 Å². The number of hydrogen-bond donors (Lipinski definition) is 1. The molecule has 3 rings (SSSR count). The van der Waals surface area contributed by atoms with Crippen molar-refractivity contribution in [3.05, 3.63) is 42.3 Å². The minimum atomic E-state index is -1.34. The average Bonchev–Trinajstić information content (AvgIpc) is 3.10. The van der Waals surface area contributed by atoms with Crippen LogP contribution in [0.2, 0.25) is 0 Å². The van der Waals surface area contributed by atoms with E-state index in [-0.39, 0.29) is 11.8 Å². The van der Waals surface area contributed by atoms with Crippen LogP contribution in [-0.2, 0) is 10.4 Å². The highest BCUT2D eigenvalue weighted by atomic mass is 16.3. The standard InChI is InChI=1S/C18H24NO2/c20-17(19-13-7-2-8-14-19)18(21,16-11-5-6-12-16)15-9-3-1-4-10-15/h1-4,9-10,16,21H,5-8,11-14H2/t18-/m1/s1. The molecule has 3 heteroatoms. The number of carbonyl (C=O) groups is 1. The van der Waals surface area contributed by atoms with Crippen molar-refractivity contribution in [1.82, 2.24) is 4.90 Å². The molecule has 1 saturated carbocycles. The second-order valence-electron chi connectivity index (χ2n) is 6.27. The van der Waals surface area contributed by atoms with Gasteiger partial charge in [-0.15, -0.1) is 0 Å². The van der Waals surface area contributed by atoms with Gasteiger partial charge in [0, 0.05) is 19.0 Å². The van der Waals surface area contributed by atoms with E-state index in [4.69, 9.17) is 0 Å². The van der Waals surface area contributed by atoms with Gasteiger partial charge < -0.3 is 10.0 Å². The van der Waals surface area contributed by atoms with Crippen molar-refractivity contribution in [2.45, 2.75) is 44.1 Å². The zero-order valence-electron chi connectivity index (χ0n) is 12.5. The second-order valence-corrected chi connectivity index (χ2v) is 6.27. The predicted octanol–water partition coefficient (Wildman–Crippen LogP) is 2.89. The van der Waals surface area contributed by atoms with Crippen LogP contribution in [0.3, 0.4) is 0 Å². The summed E-state index contributed by atoms with van der Waals surface area (Å²) in [5.41, 5.74) is -0.578. The molecule has 0 unspecified atom stereocenters. The number of nitrogens with zero attached hydrogens (tertiary/aromatic N) is 1. The summed E-state index contributed by atoms with van der Waals surface area (Å²) in [4.78, 5) is 14.9. The molecule has 1 aliphatic carbocycles. The quantitative estimate of drug-likeness (QED) is 0.928. The first-order chi connectivity index (χ1) is 10.2. The molecule has 1 heterocycles. The van der Waals surface area contributed by atoms with Gasteiger partial charge in [-0.2, -0.15) is 0 Å². The zero-order chi connectivity index (χ0) is 14.7. The molecule has 0 spiro atoms. The van der Waals surface area contributed by atoms with E-state index in [9.17, 15) is 9.90 Å². The molecule has 113 valence electrons. The number of amides is 1. The zero-order valence-corrected chi connectivity index (χ0v) is 12.5. The number of aliphatic hydroxyl groups is 1. The van der Waals surface area contributed by atoms with Crippen molar-refractivity contribution >= 4 is 5.91 Å². The summed E-state index contributed by atoms with van der Waals surface area (Å²) >= 11 is 0. The lowest BCUT2D eigenvalue weighted by molar-refractivity contribution is -0.159. The van der Waals surface area contributed by atoms with Gasteiger partial charge in [0.05, 0.1) is 0 Å². The third kappa shape index (κ3) is 2.71. The summed E-state index contributed by atoms with van der Waals surface area (Å²) in [5, 5.41) is 11.4. The van der Waals surface area contributed by atoms with Gasteiger partial charge in [-0.1, -0.05) is 43.2 Å². The summed E-state index contributed by atoms with van der Waals surface area (Å²) in [5.74, 6) is -0.0352. The van der Waals surface area contributed by atoms with Crippen molar-refractivity contribution in [2.24, 2.45) is 5.92 Å². The molecule has 1 amide bonds. The lowest BCUT2D eigenvalue weighted by atomic mass is 9.78. The van der Waals surface area contributed by atoms with Crippen LogP contribution in [0.25, 0.3) is 0 Å². The van der Waals surface area contributed by atoms with Crippen molar-refractivity contribution < 1.29 is 9.90 Å². The summed E-state index contributed by atoms with van der Waals surface area (Å²) in [7, 11) is 0. The molecule has 1 aliphatic heterocycles. The van der Waals surface area contributed by atoms with E-state index in [1.165, 1.54) is 0 Å². The van der Waals surface area contributed by atoms with Gasteiger partial charge in [-0.05, 0) is 37.7 Å². The number of likely N-dealkylation sites (tertiary alicyclic amines) is 1. The largest absolute Gasteiger partial charge is 0.375 e. The molecule has 1 N–H and O–H groups in total. The van der Waals surface area contributed by atoms with Crippen LogP contribution in [0, 0.1) is 12.3 Å². The van der Waals surface area contributed by atoms with E-state index >= 15 is 0 Å². The average molecular weight is 286 g/mol. The third-order valence-corrected chi connectivity index (χ3v) is 4.98. The van der Waals surface area contributed by atoms with Crippen LogP contribution in [0.4, 0.5) is 0 Å². The molecular formula is C18H24NO2. The molecule has 1 radical (unpaired) electrons. The van der Waals surface area contributed by atoms with Gasteiger partial charge in [-0.25, -0.2) is 0 Å². The van der Waals surface area contributed by atoms with Gasteiger partial charge in [0.1, 0.15) is 0 Å². The molecule has 1 aromatic carbocycles. The molecule has 2 fully saturated rings. The smallest absolute Gasteiger partial charge is 0.259 e. The molecule has 1 saturated heterocycles. The molecule has 1 aromatic rings. The fourth-order valence-electron chi connectivity index (χ4n) is 3.76. The molecule has 0 aromatic heterocycles. The highest BCUT2D eigenvalue weighted by molar-refractivity contribution is 5.87. The van der Waals surface area contributed by atoms with E-state index in [0.717, 1.165) is 57.2 Å². The summed E-state index contributed by atoms with van der Waals surface area (Å²) in [6, 6.07) is 9.54. The predicted molar refractivity (Wildman–Crippen MR) is 82.4 cm³/mol. The van der Waals surface area contributed by atoms with Crippen molar-refractivity contribution in [3.8, 4) is 0 Å². The molecule has 1 atom stereocenters. The number of hydrogen-bond acceptors (Lipinski definition) is 2. The van der Waals surface area contributed by atoms with Gasteiger partial charge in [0.15, 0.2) is 5.60 Å². The van der Waals surface area contributed by atoms with Crippen LogP contribution in [-0.4, -0.2) is 29.0 Å². The van der Waals surface area contributed by atoms with E-state index < -0.39 is 5.60 Å². The first-order valence-corrected chi connectivity index (χ1v) is 8.12. The minimum absolute atomic E-state index is 0.0540. The normalized spacial score (nSPS) is 23.0. The molecule has 3 nitrogen and oxygen atoms in total. The Balaban J connectivity index is 1.93. The molecule has 21 heavy (non-hydrogen) atoms. The van der Waals surface area contributed by atoms with Crippen molar-refractivity contribution in [3.63, 3.8) is 0 Å². The van der Waals surface area contributed by atoms with Crippen LogP contribution in [0.15, 0.2) is 30.3 Å². The monoisotopic (exact) mass is 286 g/mol. The molecule has 2 aliphatic rings. The van der Waals surface area contributed by atoms with E-state index in [1.807, 2.05) is 35.2 Å². The maximum absolute atomic E-state index is 13.1. The number of piperidine rings is 1. The van der Waals surface area contributed by atoms with Gasteiger partial charge in [0.25, 0.3) is 5.91 Å². The lowest BCUT2D eigenvalue weighted by Gasteiger charge is -2.39. The molecule has 0 bridgehead atoms. The Morgan fingerprint density at radius 1 is 1.10 bits per heavy atom. The highest BCUT2D eigenvalue weighted by Crippen LogP contribution is 2.42. The maximum Gasteiger partial charge on any atom is 0.259 e. The molecular weight excluding hydrogens is 262 g/mol. The SMILES string of the molecule is O=C(N1CC[CH]CC1)[C@@](O)(c1ccccc1)C1CCCC1. The Hall–Kier alpha value is -1.35. The van der Waals surface area contributed by atoms with Crippen molar-refractivity contribution in [2.75, 3.05) is 13.1 Å². The summed E-state index contributed by atoms with van der Waals surface area (Å²) in [6.45, 7) is 1.47. The van der Waals surface area contributed by atoms with Gasteiger partial charge in [0.2, 0.25) is 0 Å². The fourth-order valence-corrected chi connectivity index (χ4v) is 3.76.